The Morgan fingerprint density at radius 3 is 3.19 bits per heavy atom. The number of aromatic hydroxyl groups is 1. The molecule has 2 rings (SSSR count). The molecule has 86 valence electrons. The second kappa shape index (κ2) is 4.49. The van der Waals surface area contributed by atoms with E-state index in [1.54, 1.807) is 4.90 Å². The van der Waals surface area contributed by atoms with Crippen LogP contribution in [0, 0.1) is 0 Å². The van der Waals surface area contributed by atoms with Gasteiger partial charge in [-0.25, -0.2) is 0 Å². The van der Waals surface area contributed by atoms with E-state index in [9.17, 15) is 9.90 Å². The lowest BCUT2D eigenvalue weighted by Gasteiger charge is -2.33. The number of amides is 1. The van der Waals surface area contributed by atoms with Gasteiger partial charge in [-0.2, -0.15) is 0 Å². The van der Waals surface area contributed by atoms with Gasteiger partial charge in [0.25, 0.3) is 5.91 Å². The summed E-state index contributed by atoms with van der Waals surface area (Å²) in [6.07, 6.45) is 2.77. The first-order valence-corrected chi connectivity index (χ1v) is 5.22. The fourth-order valence-electron chi connectivity index (χ4n) is 1.75. The summed E-state index contributed by atoms with van der Waals surface area (Å²) < 4.78 is 5.26. The summed E-state index contributed by atoms with van der Waals surface area (Å²) in [6.45, 7) is 3.57. The number of carbonyl (C=O) groups is 1. The van der Waals surface area contributed by atoms with Crippen LogP contribution in [0.5, 0.6) is 5.75 Å². The summed E-state index contributed by atoms with van der Waals surface area (Å²) in [5.41, 5.74) is 0.295. The van der Waals surface area contributed by atoms with Crippen molar-refractivity contribution in [3.8, 4) is 5.75 Å². The first-order valence-electron chi connectivity index (χ1n) is 5.22. The first kappa shape index (κ1) is 10.9. The predicted octanol–water partition coefficient (Wildman–Crippen LogP) is 0.648. The van der Waals surface area contributed by atoms with E-state index >= 15 is 0 Å². The zero-order valence-corrected chi connectivity index (χ0v) is 9.09. The van der Waals surface area contributed by atoms with Gasteiger partial charge in [0, 0.05) is 12.7 Å². The van der Waals surface area contributed by atoms with Crippen LogP contribution in [-0.2, 0) is 4.74 Å². The number of hydrogen-bond acceptors (Lipinski definition) is 4. The number of nitrogens with zero attached hydrogens (tertiary/aromatic N) is 2. The lowest BCUT2D eigenvalue weighted by atomic mass is 10.1. The molecular weight excluding hydrogens is 208 g/mol. The Bertz CT molecular complexity index is 395. The van der Waals surface area contributed by atoms with E-state index in [0.29, 0.717) is 25.3 Å². The molecule has 1 aromatic rings. The van der Waals surface area contributed by atoms with Gasteiger partial charge in [0.05, 0.1) is 31.0 Å². The van der Waals surface area contributed by atoms with Crippen LogP contribution < -0.4 is 0 Å². The van der Waals surface area contributed by atoms with Gasteiger partial charge in [0.1, 0.15) is 5.75 Å². The van der Waals surface area contributed by atoms with E-state index in [1.807, 2.05) is 6.92 Å². The molecule has 1 unspecified atom stereocenters. The molecule has 1 aliphatic rings. The standard InChI is InChI=1S/C11H14N2O3/c1-8-7-16-5-4-13(8)11(15)9-2-3-12-6-10(9)14/h2-3,6,8,14H,4-5,7H2,1H3. The Labute approximate surface area is 93.7 Å². The molecule has 1 aliphatic heterocycles. The molecule has 1 fully saturated rings. The second-order valence-corrected chi connectivity index (χ2v) is 3.82. The molecule has 1 saturated heterocycles. The third-order valence-corrected chi connectivity index (χ3v) is 2.66. The fourth-order valence-corrected chi connectivity index (χ4v) is 1.75. The molecule has 0 radical (unpaired) electrons. The molecule has 0 spiro atoms. The molecule has 5 nitrogen and oxygen atoms in total. The molecular formula is C11H14N2O3. The second-order valence-electron chi connectivity index (χ2n) is 3.82. The molecule has 16 heavy (non-hydrogen) atoms. The number of aromatic nitrogens is 1. The smallest absolute Gasteiger partial charge is 0.258 e. The van der Waals surface area contributed by atoms with Crippen molar-refractivity contribution in [3.63, 3.8) is 0 Å². The third kappa shape index (κ3) is 1.99. The van der Waals surface area contributed by atoms with Crippen LogP contribution in [0.25, 0.3) is 0 Å². The molecule has 1 N–H and O–H groups in total. The van der Waals surface area contributed by atoms with Crippen LogP contribution in [0.2, 0.25) is 0 Å². The van der Waals surface area contributed by atoms with E-state index in [4.69, 9.17) is 4.74 Å². The number of morpholine rings is 1. The molecule has 0 aromatic carbocycles. The zero-order chi connectivity index (χ0) is 11.5. The molecule has 5 heteroatoms. The fraction of sp³-hybridized carbons (Fsp3) is 0.455. The summed E-state index contributed by atoms with van der Waals surface area (Å²) in [4.78, 5) is 17.6. The topological polar surface area (TPSA) is 62.7 Å². The summed E-state index contributed by atoms with van der Waals surface area (Å²) >= 11 is 0. The monoisotopic (exact) mass is 222 g/mol. The Morgan fingerprint density at radius 2 is 2.50 bits per heavy atom. The van der Waals surface area contributed by atoms with Crippen LogP contribution in [0.4, 0.5) is 0 Å². The molecule has 1 amide bonds. The Hall–Kier alpha value is -1.62. The average Bonchev–Trinajstić information content (AvgIpc) is 2.29. The highest BCUT2D eigenvalue weighted by molar-refractivity contribution is 5.96. The Kier molecular flexibility index (Phi) is 3.05. The average molecular weight is 222 g/mol. The highest BCUT2D eigenvalue weighted by Crippen LogP contribution is 2.19. The van der Waals surface area contributed by atoms with Crippen LogP contribution in [0.3, 0.4) is 0 Å². The SMILES string of the molecule is CC1COCCN1C(=O)c1ccncc1O. The third-order valence-electron chi connectivity index (χ3n) is 2.66. The molecule has 1 aromatic heterocycles. The van der Waals surface area contributed by atoms with Crippen molar-refractivity contribution in [3.05, 3.63) is 24.0 Å². The number of pyridine rings is 1. The summed E-state index contributed by atoms with van der Waals surface area (Å²) in [5, 5.41) is 9.56. The summed E-state index contributed by atoms with van der Waals surface area (Å²) in [7, 11) is 0. The number of ether oxygens (including phenoxy) is 1. The van der Waals surface area contributed by atoms with Crippen molar-refractivity contribution in [1.82, 2.24) is 9.88 Å². The maximum atomic E-state index is 12.1. The van der Waals surface area contributed by atoms with E-state index in [0.717, 1.165) is 0 Å². The van der Waals surface area contributed by atoms with E-state index in [1.165, 1.54) is 18.5 Å². The van der Waals surface area contributed by atoms with Gasteiger partial charge in [-0.15, -0.1) is 0 Å². The first-order chi connectivity index (χ1) is 7.70. The van der Waals surface area contributed by atoms with Gasteiger partial charge in [0.2, 0.25) is 0 Å². The van der Waals surface area contributed by atoms with Crippen LogP contribution in [0.1, 0.15) is 17.3 Å². The largest absolute Gasteiger partial charge is 0.505 e. The van der Waals surface area contributed by atoms with E-state index in [2.05, 4.69) is 4.98 Å². The van der Waals surface area contributed by atoms with E-state index in [-0.39, 0.29) is 17.7 Å². The maximum Gasteiger partial charge on any atom is 0.258 e. The normalized spacial score (nSPS) is 20.8. The van der Waals surface area contributed by atoms with Crippen LogP contribution in [-0.4, -0.2) is 46.7 Å². The number of rotatable bonds is 1. The van der Waals surface area contributed by atoms with Crippen LogP contribution in [0.15, 0.2) is 18.5 Å². The van der Waals surface area contributed by atoms with Gasteiger partial charge >= 0.3 is 0 Å². The molecule has 2 heterocycles. The van der Waals surface area contributed by atoms with Gasteiger partial charge in [-0.1, -0.05) is 0 Å². The van der Waals surface area contributed by atoms with Crippen molar-refractivity contribution in [2.45, 2.75) is 13.0 Å². The van der Waals surface area contributed by atoms with Crippen molar-refractivity contribution in [2.24, 2.45) is 0 Å². The zero-order valence-electron chi connectivity index (χ0n) is 9.09. The lowest BCUT2D eigenvalue weighted by Crippen LogP contribution is -2.47. The quantitative estimate of drug-likeness (QED) is 0.757. The maximum absolute atomic E-state index is 12.1. The van der Waals surface area contributed by atoms with Crippen molar-refractivity contribution < 1.29 is 14.6 Å². The summed E-state index contributed by atoms with van der Waals surface area (Å²) in [5.74, 6) is -0.248. The Balaban J connectivity index is 2.21. The minimum Gasteiger partial charge on any atom is -0.505 e. The van der Waals surface area contributed by atoms with Crippen molar-refractivity contribution in [1.29, 1.82) is 0 Å². The predicted molar refractivity (Wildman–Crippen MR) is 57.2 cm³/mol. The highest BCUT2D eigenvalue weighted by Gasteiger charge is 2.26. The van der Waals surface area contributed by atoms with Gasteiger partial charge < -0.3 is 14.7 Å². The van der Waals surface area contributed by atoms with Crippen LogP contribution >= 0.6 is 0 Å². The molecule has 0 bridgehead atoms. The lowest BCUT2D eigenvalue weighted by molar-refractivity contribution is 0.00344. The summed E-state index contributed by atoms with van der Waals surface area (Å²) in [6, 6.07) is 1.56. The van der Waals surface area contributed by atoms with Gasteiger partial charge in [-0.05, 0) is 13.0 Å². The van der Waals surface area contributed by atoms with E-state index < -0.39 is 0 Å². The van der Waals surface area contributed by atoms with Crippen molar-refractivity contribution >= 4 is 5.91 Å². The number of hydrogen-bond donors (Lipinski definition) is 1. The minimum absolute atomic E-state index is 0.0359. The number of carbonyl (C=O) groups excluding carboxylic acids is 1. The van der Waals surface area contributed by atoms with Gasteiger partial charge in [-0.3, -0.25) is 9.78 Å². The highest BCUT2D eigenvalue weighted by atomic mass is 16.5. The Morgan fingerprint density at radius 1 is 1.69 bits per heavy atom. The molecule has 1 atom stereocenters. The minimum atomic E-state index is -0.171. The molecule has 0 aliphatic carbocycles. The van der Waals surface area contributed by atoms with Crippen molar-refractivity contribution in [2.75, 3.05) is 19.8 Å². The molecule has 0 saturated carbocycles. The van der Waals surface area contributed by atoms with Gasteiger partial charge in [0.15, 0.2) is 0 Å².